The highest BCUT2D eigenvalue weighted by atomic mass is 16.5. The van der Waals surface area contributed by atoms with E-state index in [0.29, 0.717) is 0 Å². The number of hydrogen-bond donors (Lipinski definition) is 2. The summed E-state index contributed by atoms with van der Waals surface area (Å²) in [6, 6.07) is 13.8. The zero-order chi connectivity index (χ0) is 15.8. The molecule has 2 rings (SSSR count). The van der Waals surface area contributed by atoms with Crippen LogP contribution in [0.2, 0.25) is 0 Å². The number of nitrogens with zero attached hydrogens (tertiary/aromatic N) is 1. The summed E-state index contributed by atoms with van der Waals surface area (Å²) in [5.41, 5.74) is 3.42. The second-order valence-corrected chi connectivity index (χ2v) is 4.34. The Hall–Kier alpha value is -3.08. The fourth-order valence-corrected chi connectivity index (χ4v) is 1.82. The number of rotatable bonds is 5. The Labute approximate surface area is 128 Å². The Morgan fingerprint density at radius 2 is 1.91 bits per heavy atom. The summed E-state index contributed by atoms with van der Waals surface area (Å²) >= 11 is 0. The number of aromatic hydroxyl groups is 1. The van der Waals surface area contributed by atoms with E-state index in [-0.39, 0.29) is 11.3 Å². The third-order valence-electron chi connectivity index (χ3n) is 2.89. The molecule has 0 atom stereocenters. The molecule has 112 valence electrons. The van der Waals surface area contributed by atoms with E-state index in [0.717, 1.165) is 11.3 Å². The molecule has 0 bridgehead atoms. The molecule has 0 spiro atoms. The van der Waals surface area contributed by atoms with Gasteiger partial charge in [-0.3, -0.25) is 4.79 Å². The number of carbonyl (C=O) groups is 1. The van der Waals surface area contributed by atoms with E-state index < -0.39 is 5.91 Å². The van der Waals surface area contributed by atoms with E-state index in [2.05, 4.69) is 10.5 Å². The Morgan fingerprint density at radius 3 is 2.68 bits per heavy atom. The number of para-hydroxylation sites is 2. The minimum absolute atomic E-state index is 0.0836. The first-order chi connectivity index (χ1) is 10.7. The second kappa shape index (κ2) is 7.64. The summed E-state index contributed by atoms with van der Waals surface area (Å²) in [4.78, 5) is 11.8. The highest BCUT2D eigenvalue weighted by molar-refractivity contribution is 5.97. The Kier molecular flexibility index (Phi) is 5.31. The Balaban J connectivity index is 1.95. The number of benzene rings is 2. The smallest absolute Gasteiger partial charge is 0.275 e. The molecular formula is C17H16N2O3. The maximum atomic E-state index is 11.8. The normalized spacial score (nSPS) is 11.0. The van der Waals surface area contributed by atoms with Gasteiger partial charge in [0.2, 0.25) is 0 Å². The predicted octanol–water partition coefficient (Wildman–Crippen LogP) is 2.83. The van der Waals surface area contributed by atoms with Crippen LogP contribution in [0.1, 0.15) is 15.9 Å². The van der Waals surface area contributed by atoms with Crippen molar-refractivity contribution in [3.63, 3.8) is 0 Å². The van der Waals surface area contributed by atoms with E-state index in [9.17, 15) is 9.90 Å². The summed E-state index contributed by atoms with van der Waals surface area (Å²) in [5.74, 6) is 0.199. The molecule has 0 aliphatic carbocycles. The van der Waals surface area contributed by atoms with Gasteiger partial charge in [0.1, 0.15) is 11.5 Å². The molecule has 0 aromatic heterocycles. The van der Waals surface area contributed by atoms with Crippen molar-refractivity contribution in [1.82, 2.24) is 5.43 Å². The molecule has 2 aromatic rings. The van der Waals surface area contributed by atoms with Gasteiger partial charge in [0.15, 0.2) is 0 Å². The number of hydrazone groups is 1. The maximum Gasteiger partial charge on any atom is 0.275 e. The molecule has 0 heterocycles. The van der Waals surface area contributed by atoms with Crippen LogP contribution in [0.4, 0.5) is 0 Å². The SMILES string of the molecule is COc1ccccc1/C=C/C=N\NC(=O)c1ccccc1O. The van der Waals surface area contributed by atoms with Crippen LogP contribution in [0, 0.1) is 0 Å². The van der Waals surface area contributed by atoms with Crippen molar-refractivity contribution in [2.45, 2.75) is 0 Å². The molecule has 1 amide bonds. The van der Waals surface area contributed by atoms with Crippen molar-refractivity contribution in [3.05, 3.63) is 65.7 Å². The van der Waals surface area contributed by atoms with Crippen LogP contribution >= 0.6 is 0 Å². The number of phenols is 1. The molecule has 0 fully saturated rings. The first-order valence-corrected chi connectivity index (χ1v) is 6.63. The molecule has 0 unspecified atom stereocenters. The lowest BCUT2D eigenvalue weighted by Gasteiger charge is -2.02. The summed E-state index contributed by atoms with van der Waals surface area (Å²) in [6.45, 7) is 0. The first-order valence-electron chi connectivity index (χ1n) is 6.63. The quantitative estimate of drug-likeness (QED) is 0.658. The topological polar surface area (TPSA) is 70.9 Å². The third-order valence-corrected chi connectivity index (χ3v) is 2.89. The van der Waals surface area contributed by atoms with Gasteiger partial charge in [0, 0.05) is 11.8 Å². The average Bonchev–Trinajstić information content (AvgIpc) is 2.55. The standard InChI is InChI=1S/C17H16N2O3/c1-22-16-11-5-2-7-13(16)8-6-12-18-19-17(21)14-9-3-4-10-15(14)20/h2-12,20H,1H3,(H,19,21)/b8-6+,18-12-. The van der Waals surface area contributed by atoms with Crippen molar-refractivity contribution < 1.29 is 14.6 Å². The van der Waals surface area contributed by atoms with Gasteiger partial charge in [-0.05, 0) is 30.4 Å². The van der Waals surface area contributed by atoms with Crippen LogP contribution in [0.5, 0.6) is 11.5 Å². The van der Waals surface area contributed by atoms with Gasteiger partial charge in [-0.25, -0.2) is 5.43 Å². The van der Waals surface area contributed by atoms with Crippen LogP contribution in [0.3, 0.4) is 0 Å². The number of ether oxygens (including phenoxy) is 1. The van der Waals surface area contributed by atoms with Crippen LogP contribution in [0.25, 0.3) is 6.08 Å². The van der Waals surface area contributed by atoms with Crippen LogP contribution in [-0.4, -0.2) is 24.3 Å². The molecular weight excluding hydrogens is 280 g/mol. The molecule has 0 saturated heterocycles. The summed E-state index contributed by atoms with van der Waals surface area (Å²) in [6.07, 6.45) is 4.95. The number of methoxy groups -OCH3 is 1. The predicted molar refractivity (Wildman–Crippen MR) is 86.1 cm³/mol. The fourth-order valence-electron chi connectivity index (χ4n) is 1.82. The molecule has 2 N–H and O–H groups in total. The lowest BCUT2D eigenvalue weighted by atomic mass is 10.2. The van der Waals surface area contributed by atoms with E-state index in [1.165, 1.54) is 18.3 Å². The van der Waals surface area contributed by atoms with Gasteiger partial charge in [-0.2, -0.15) is 5.10 Å². The molecule has 0 aliphatic heterocycles. The number of phenolic OH excluding ortho intramolecular Hbond substituents is 1. The zero-order valence-electron chi connectivity index (χ0n) is 12.1. The summed E-state index contributed by atoms with van der Waals surface area (Å²) in [7, 11) is 1.60. The van der Waals surface area contributed by atoms with Gasteiger partial charge in [0.25, 0.3) is 5.91 Å². The number of carbonyl (C=O) groups excluding carboxylic acids is 1. The van der Waals surface area contributed by atoms with Crippen LogP contribution in [0.15, 0.2) is 59.7 Å². The highest BCUT2D eigenvalue weighted by Gasteiger charge is 2.08. The van der Waals surface area contributed by atoms with Gasteiger partial charge in [-0.1, -0.05) is 30.3 Å². The van der Waals surface area contributed by atoms with E-state index in [1.807, 2.05) is 30.3 Å². The Bertz CT molecular complexity index is 709. The number of hydrogen-bond acceptors (Lipinski definition) is 4. The van der Waals surface area contributed by atoms with Crippen molar-refractivity contribution in [2.24, 2.45) is 5.10 Å². The van der Waals surface area contributed by atoms with E-state index in [1.54, 1.807) is 25.3 Å². The van der Waals surface area contributed by atoms with E-state index >= 15 is 0 Å². The summed E-state index contributed by atoms with van der Waals surface area (Å²) in [5, 5.41) is 13.3. The first kappa shape index (κ1) is 15.3. The third kappa shape index (κ3) is 3.96. The lowest BCUT2D eigenvalue weighted by molar-refractivity contribution is 0.0952. The van der Waals surface area contributed by atoms with E-state index in [4.69, 9.17) is 4.74 Å². The highest BCUT2D eigenvalue weighted by Crippen LogP contribution is 2.18. The molecule has 0 radical (unpaired) electrons. The molecule has 0 aliphatic rings. The monoisotopic (exact) mass is 296 g/mol. The van der Waals surface area contributed by atoms with Crippen LogP contribution in [-0.2, 0) is 0 Å². The van der Waals surface area contributed by atoms with Crippen molar-refractivity contribution in [1.29, 1.82) is 0 Å². The van der Waals surface area contributed by atoms with Crippen LogP contribution < -0.4 is 10.2 Å². The fraction of sp³-hybridized carbons (Fsp3) is 0.0588. The Morgan fingerprint density at radius 1 is 1.18 bits per heavy atom. The molecule has 0 saturated carbocycles. The van der Waals surface area contributed by atoms with Gasteiger partial charge in [0.05, 0.1) is 12.7 Å². The van der Waals surface area contributed by atoms with Crippen molar-refractivity contribution >= 4 is 18.2 Å². The largest absolute Gasteiger partial charge is 0.507 e. The second-order valence-electron chi connectivity index (χ2n) is 4.34. The van der Waals surface area contributed by atoms with Crippen molar-refractivity contribution in [3.8, 4) is 11.5 Å². The minimum Gasteiger partial charge on any atom is -0.507 e. The average molecular weight is 296 g/mol. The maximum absolute atomic E-state index is 11.8. The molecule has 5 heteroatoms. The molecule has 2 aromatic carbocycles. The van der Waals surface area contributed by atoms with Gasteiger partial charge < -0.3 is 9.84 Å². The minimum atomic E-state index is -0.472. The molecule has 22 heavy (non-hydrogen) atoms. The van der Waals surface area contributed by atoms with Crippen molar-refractivity contribution in [2.75, 3.05) is 7.11 Å². The number of allylic oxidation sites excluding steroid dienone is 1. The van der Waals surface area contributed by atoms with Gasteiger partial charge in [-0.15, -0.1) is 0 Å². The molecule has 5 nitrogen and oxygen atoms in total. The number of amides is 1. The lowest BCUT2D eigenvalue weighted by Crippen LogP contribution is -2.17. The summed E-state index contributed by atoms with van der Waals surface area (Å²) < 4.78 is 5.22. The number of nitrogens with one attached hydrogen (secondary N) is 1. The van der Waals surface area contributed by atoms with Gasteiger partial charge >= 0.3 is 0 Å². The zero-order valence-corrected chi connectivity index (χ0v) is 12.1.